The third-order valence-corrected chi connectivity index (χ3v) is 3.69. The third kappa shape index (κ3) is 6.21. The van der Waals surface area contributed by atoms with Crippen molar-refractivity contribution < 1.29 is 32.8 Å². The number of carbonyl (C=O) groups is 3. The molecule has 9 nitrogen and oxygen atoms in total. The van der Waals surface area contributed by atoms with Crippen molar-refractivity contribution >= 4 is 40.8 Å². The number of halogens is 3. The summed E-state index contributed by atoms with van der Waals surface area (Å²) >= 11 is 5.78. The summed E-state index contributed by atoms with van der Waals surface area (Å²) in [6, 6.07) is 5.85. The highest BCUT2D eigenvalue weighted by atomic mass is 35.5. The number of nitrogens with one attached hydrogen (secondary N) is 2. The first-order valence-corrected chi connectivity index (χ1v) is 8.18. The van der Waals surface area contributed by atoms with Gasteiger partial charge in [-0.2, -0.15) is 0 Å². The van der Waals surface area contributed by atoms with Gasteiger partial charge in [0.05, 0.1) is 22.1 Å². The van der Waals surface area contributed by atoms with Crippen molar-refractivity contribution in [2.24, 2.45) is 0 Å². The van der Waals surface area contributed by atoms with E-state index in [2.05, 4.69) is 10.6 Å². The van der Waals surface area contributed by atoms with E-state index in [1.807, 2.05) is 0 Å². The Labute approximate surface area is 166 Å². The highest BCUT2D eigenvalue weighted by Crippen LogP contribution is 2.22. The predicted molar refractivity (Wildman–Crippen MR) is 96.4 cm³/mol. The van der Waals surface area contributed by atoms with Crippen LogP contribution in [0.2, 0.25) is 5.02 Å². The molecule has 0 heterocycles. The van der Waals surface area contributed by atoms with E-state index in [0.717, 1.165) is 36.4 Å². The number of non-ortho nitro benzene ring substituents is 1. The zero-order valence-corrected chi connectivity index (χ0v) is 15.2. The lowest BCUT2D eigenvalue weighted by atomic mass is 10.2. The second-order valence-corrected chi connectivity index (χ2v) is 5.86. The van der Waals surface area contributed by atoms with Crippen molar-refractivity contribution in [2.45, 2.75) is 0 Å². The quantitative estimate of drug-likeness (QED) is 0.397. The SMILES string of the molecule is O=C(COC(=O)c1cc([N+](=O)[O-])ccc1Cl)NCC(=O)Nc1ccc(F)c(F)c1. The zero-order valence-electron chi connectivity index (χ0n) is 14.4. The molecule has 12 heteroatoms. The van der Waals surface area contributed by atoms with Gasteiger partial charge in [0.1, 0.15) is 0 Å². The van der Waals surface area contributed by atoms with Crippen LogP contribution in [0.4, 0.5) is 20.2 Å². The van der Waals surface area contributed by atoms with E-state index in [0.29, 0.717) is 0 Å². The number of carbonyl (C=O) groups excluding carboxylic acids is 3. The largest absolute Gasteiger partial charge is 0.452 e. The average molecular weight is 428 g/mol. The van der Waals surface area contributed by atoms with Gasteiger partial charge in [-0.25, -0.2) is 13.6 Å². The number of esters is 1. The third-order valence-electron chi connectivity index (χ3n) is 3.36. The Hall–Kier alpha value is -3.60. The Kier molecular flexibility index (Phi) is 7.15. The normalized spacial score (nSPS) is 10.2. The fourth-order valence-electron chi connectivity index (χ4n) is 2.00. The number of nitrogens with zero attached hydrogens (tertiary/aromatic N) is 1. The first kappa shape index (κ1) is 21.7. The Morgan fingerprint density at radius 2 is 1.79 bits per heavy atom. The molecule has 0 spiro atoms. The molecule has 0 aliphatic heterocycles. The summed E-state index contributed by atoms with van der Waals surface area (Å²) in [5.41, 5.74) is -0.709. The van der Waals surface area contributed by atoms with Crippen molar-refractivity contribution in [3.05, 3.63) is 68.7 Å². The molecular formula is C17H12ClF2N3O6. The number of amides is 2. The minimum atomic E-state index is -1.15. The van der Waals surface area contributed by atoms with Crippen molar-refractivity contribution in [2.75, 3.05) is 18.5 Å². The highest BCUT2D eigenvalue weighted by molar-refractivity contribution is 6.33. The predicted octanol–water partition coefficient (Wildman–Crippen LogP) is 2.44. The standard InChI is InChI=1S/C17H12ClF2N3O6/c18-12-3-2-10(23(27)28)6-11(12)17(26)29-8-16(25)21-7-15(24)22-9-1-4-13(19)14(20)5-9/h1-6H,7-8H2,(H,21,25)(H,22,24). The zero-order chi connectivity index (χ0) is 21.6. The van der Waals surface area contributed by atoms with Crippen LogP contribution in [0.3, 0.4) is 0 Å². The van der Waals surface area contributed by atoms with Gasteiger partial charge in [-0.05, 0) is 18.2 Å². The number of nitro groups is 1. The maximum absolute atomic E-state index is 13.1. The molecule has 0 saturated carbocycles. The lowest BCUT2D eigenvalue weighted by Crippen LogP contribution is -2.35. The molecule has 0 bridgehead atoms. The summed E-state index contributed by atoms with van der Waals surface area (Å²) in [6.45, 7) is -1.32. The van der Waals surface area contributed by atoms with Crippen LogP contribution in [0.25, 0.3) is 0 Å². The van der Waals surface area contributed by atoms with Crippen molar-refractivity contribution in [3.8, 4) is 0 Å². The van der Waals surface area contributed by atoms with E-state index in [4.69, 9.17) is 16.3 Å². The number of anilines is 1. The van der Waals surface area contributed by atoms with Crippen molar-refractivity contribution in [3.63, 3.8) is 0 Å². The van der Waals surface area contributed by atoms with Crippen LogP contribution in [0, 0.1) is 21.7 Å². The minimum absolute atomic E-state index is 0.0186. The number of hydrogen-bond acceptors (Lipinski definition) is 6. The summed E-state index contributed by atoms with van der Waals surface area (Å²) in [5, 5.41) is 15.0. The maximum Gasteiger partial charge on any atom is 0.340 e. The van der Waals surface area contributed by atoms with Gasteiger partial charge in [0.15, 0.2) is 18.2 Å². The number of ether oxygens (including phenoxy) is 1. The maximum atomic E-state index is 13.1. The number of nitro benzene ring substituents is 1. The van der Waals surface area contributed by atoms with Crippen LogP contribution in [0.15, 0.2) is 36.4 Å². The molecule has 0 aliphatic rings. The van der Waals surface area contributed by atoms with E-state index in [1.165, 1.54) is 0 Å². The molecule has 29 heavy (non-hydrogen) atoms. The molecule has 2 amide bonds. The summed E-state index contributed by atoms with van der Waals surface area (Å²) in [6.07, 6.45) is 0. The van der Waals surface area contributed by atoms with Gasteiger partial charge in [-0.1, -0.05) is 11.6 Å². The van der Waals surface area contributed by atoms with E-state index >= 15 is 0 Å². The molecule has 2 aromatic rings. The van der Waals surface area contributed by atoms with Gasteiger partial charge >= 0.3 is 5.97 Å². The molecule has 0 atom stereocenters. The van der Waals surface area contributed by atoms with Crippen molar-refractivity contribution in [1.82, 2.24) is 5.32 Å². The van der Waals surface area contributed by atoms with Crippen LogP contribution in [-0.2, 0) is 14.3 Å². The van der Waals surface area contributed by atoms with Gasteiger partial charge < -0.3 is 15.4 Å². The summed E-state index contributed by atoms with van der Waals surface area (Å²) in [7, 11) is 0. The van der Waals surface area contributed by atoms with E-state index < -0.39 is 47.5 Å². The molecule has 2 rings (SSSR count). The van der Waals surface area contributed by atoms with E-state index in [1.54, 1.807) is 0 Å². The fraction of sp³-hybridized carbons (Fsp3) is 0.118. The smallest absolute Gasteiger partial charge is 0.340 e. The van der Waals surface area contributed by atoms with Crippen LogP contribution in [0.1, 0.15) is 10.4 Å². The second kappa shape index (κ2) is 9.55. The average Bonchev–Trinajstić information content (AvgIpc) is 2.67. The molecule has 152 valence electrons. The van der Waals surface area contributed by atoms with Gasteiger partial charge in [0.25, 0.3) is 11.6 Å². The topological polar surface area (TPSA) is 128 Å². The van der Waals surface area contributed by atoms with Crippen LogP contribution < -0.4 is 10.6 Å². The van der Waals surface area contributed by atoms with Gasteiger partial charge in [-0.15, -0.1) is 0 Å². The molecule has 0 aliphatic carbocycles. The van der Waals surface area contributed by atoms with Gasteiger partial charge in [0.2, 0.25) is 5.91 Å². The Morgan fingerprint density at radius 1 is 1.07 bits per heavy atom. The lowest BCUT2D eigenvalue weighted by molar-refractivity contribution is -0.384. The number of rotatable bonds is 7. The molecule has 0 radical (unpaired) electrons. The molecule has 2 aromatic carbocycles. The lowest BCUT2D eigenvalue weighted by Gasteiger charge is -2.08. The molecule has 0 saturated heterocycles. The van der Waals surface area contributed by atoms with Crippen LogP contribution in [-0.4, -0.2) is 35.9 Å². The minimum Gasteiger partial charge on any atom is -0.452 e. The van der Waals surface area contributed by atoms with Gasteiger partial charge in [-0.3, -0.25) is 19.7 Å². The van der Waals surface area contributed by atoms with Crippen molar-refractivity contribution in [1.29, 1.82) is 0 Å². The monoisotopic (exact) mass is 427 g/mol. The number of hydrogen-bond donors (Lipinski definition) is 2. The van der Waals surface area contributed by atoms with Crippen LogP contribution >= 0.6 is 11.6 Å². The van der Waals surface area contributed by atoms with E-state index in [9.17, 15) is 33.3 Å². The summed E-state index contributed by atoms with van der Waals surface area (Å²) in [5.74, 6) is -4.89. The summed E-state index contributed by atoms with van der Waals surface area (Å²) in [4.78, 5) is 45.3. The summed E-state index contributed by atoms with van der Waals surface area (Å²) < 4.78 is 30.6. The first-order valence-electron chi connectivity index (χ1n) is 7.80. The molecule has 2 N–H and O–H groups in total. The Bertz CT molecular complexity index is 986. The molecule has 0 unspecified atom stereocenters. The van der Waals surface area contributed by atoms with Crippen LogP contribution in [0.5, 0.6) is 0 Å². The fourth-order valence-corrected chi connectivity index (χ4v) is 2.20. The molecule has 0 aromatic heterocycles. The highest BCUT2D eigenvalue weighted by Gasteiger charge is 2.18. The van der Waals surface area contributed by atoms with Gasteiger partial charge in [0, 0.05) is 23.9 Å². The first-order chi connectivity index (χ1) is 13.7. The second-order valence-electron chi connectivity index (χ2n) is 5.45. The van der Waals surface area contributed by atoms with E-state index in [-0.39, 0.29) is 22.0 Å². The Balaban J connectivity index is 1.83. The molecule has 0 fully saturated rings. The number of benzene rings is 2. The molecular weight excluding hydrogens is 416 g/mol. The Morgan fingerprint density at radius 3 is 2.45 bits per heavy atom.